The van der Waals surface area contributed by atoms with Crippen LogP contribution in [-0.2, 0) is 11.3 Å². The van der Waals surface area contributed by atoms with Crippen molar-refractivity contribution in [2.24, 2.45) is 11.5 Å². The minimum absolute atomic E-state index is 0.0307. The van der Waals surface area contributed by atoms with Gasteiger partial charge in [-0.15, -0.1) is 0 Å². The van der Waals surface area contributed by atoms with Crippen LogP contribution < -0.4 is 16.8 Å². The van der Waals surface area contributed by atoms with Gasteiger partial charge < -0.3 is 16.8 Å². The number of nitrogens with two attached hydrogens (primary N) is 2. The fourth-order valence-electron chi connectivity index (χ4n) is 1.16. The van der Waals surface area contributed by atoms with E-state index in [1.54, 1.807) is 0 Å². The van der Waals surface area contributed by atoms with Gasteiger partial charge in [0, 0.05) is 17.7 Å². The van der Waals surface area contributed by atoms with Crippen molar-refractivity contribution in [3.8, 4) is 0 Å². The average Bonchev–Trinajstić information content (AvgIpc) is 2.19. The van der Waals surface area contributed by atoms with Gasteiger partial charge in [-0.25, -0.2) is 4.39 Å². The SMILES string of the molecule is NC(=O)CNCc1ccc(C(N)=O)cc1F. The monoisotopic (exact) mass is 225 g/mol. The highest BCUT2D eigenvalue weighted by molar-refractivity contribution is 5.92. The van der Waals surface area contributed by atoms with Gasteiger partial charge >= 0.3 is 0 Å². The number of hydrogen-bond donors (Lipinski definition) is 3. The van der Waals surface area contributed by atoms with E-state index in [1.165, 1.54) is 12.1 Å². The molecule has 86 valence electrons. The number of carbonyl (C=O) groups excluding carboxylic acids is 2. The standard InChI is InChI=1S/C10H12FN3O2/c11-8-3-6(10(13)16)1-2-7(8)4-14-5-9(12)15/h1-3,14H,4-5H2,(H2,12,15)(H2,13,16). The van der Waals surface area contributed by atoms with E-state index < -0.39 is 17.6 Å². The minimum atomic E-state index is -0.685. The Labute approximate surface area is 91.6 Å². The molecule has 2 amide bonds. The Morgan fingerprint density at radius 1 is 1.31 bits per heavy atom. The van der Waals surface area contributed by atoms with E-state index in [2.05, 4.69) is 5.32 Å². The van der Waals surface area contributed by atoms with E-state index in [0.717, 1.165) is 6.07 Å². The summed E-state index contributed by atoms with van der Waals surface area (Å²) in [6.07, 6.45) is 0. The normalized spacial score (nSPS) is 10.1. The zero-order valence-electron chi connectivity index (χ0n) is 8.50. The summed E-state index contributed by atoms with van der Waals surface area (Å²) in [5, 5.41) is 2.66. The van der Waals surface area contributed by atoms with Crippen molar-refractivity contribution in [1.29, 1.82) is 0 Å². The van der Waals surface area contributed by atoms with E-state index in [9.17, 15) is 14.0 Å². The lowest BCUT2D eigenvalue weighted by Crippen LogP contribution is -2.28. The fourth-order valence-corrected chi connectivity index (χ4v) is 1.16. The molecule has 0 spiro atoms. The molecular formula is C10H12FN3O2. The highest BCUT2D eigenvalue weighted by atomic mass is 19.1. The van der Waals surface area contributed by atoms with Crippen LogP contribution in [0.4, 0.5) is 4.39 Å². The zero-order chi connectivity index (χ0) is 12.1. The number of benzene rings is 1. The number of primary amides is 2. The van der Waals surface area contributed by atoms with Gasteiger partial charge in [-0.1, -0.05) is 6.07 Å². The quantitative estimate of drug-likeness (QED) is 0.630. The van der Waals surface area contributed by atoms with Gasteiger partial charge in [-0.05, 0) is 12.1 Å². The maximum absolute atomic E-state index is 13.4. The van der Waals surface area contributed by atoms with Crippen LogP contribution in [0.1, 0.15) is 15.9 Å². The lowest BCUT2D eigenvalue weighted by molar-refractivity contribution is -0.117. The van der Waals surface area contributed by atoms with Crippen molar-refractivity contribution < 1.29 is 14.0 Å². The topological polar surface area (TPSA) is 98.2 Å². The number of carbonyl (C=O) groups is 2. The molecule has 0 aliphatic carbocycles. The van der Waals surface area contributed by atoms with Gasteiger partial charge in [-0.2, -0.15) is 0 Å². The first-order valence-electron chi connectivity index (χ1n) is 4.58. The second kappa shape index (κ2) is 5.22. The second-order valence-corrected chi connectivity index (χ2v) is 3.24. The number of halogens is 1. The Bertz CT molecular complexity index is 421. The van der Waals surface area contributed by atoms with E-state index in [4.69, 9.17) is 11.5 Å². The van der Waals surface area contributed by atoms with Crippen molar-refractivity contribution in [3.63, 3.8) is 0 Å². The van der Waals surface area contributed by atoms with Gasteiger partial charge in [0.15, 0.2) is 0 Å². The van der Waals surface area contributed by atoms with Gasteiger partial charge in [-0.3, -0.25) is 9.59 Å². The van der Waals surface area contributed by atoms with Crippen LogP contribution in [0, 0.1) is 5.82 Å². The summed E-state index contributed by atoms with van der Waals surface area (Å²) in [6, 6.07) is 3.92. The molecule has 0 bridgehead atoms. The molecule has 0 unspecified atom stereocenters. The molecule has 6 heteroatoms. The van der Waals surface area contributed by atoms with E-state index in [0.29, 0.717) is 5.56 Å². The van der Waals surface area contributed by atoms with E-state index in [1.807, 2.05) is 0 Å². The van der Waals surface area contributed by atoms with E-state index in [-0.39, 0.29) is 18.7 Å². The predicted octanol–water partition coefficient (Wildman–Crippen LogP) is -0.501. The molecule has 0 aliphatic heterocycles. The third-order valence-corrected chi connectivity index (χ3v) is 1.95. The summed E-state index contributed by atoms with van der Waals surface area (Å²) in [6.45, 7) is 0.130. The van der Waals surface area contributed by atoms with Crippen molar-refractivity contribution in [3.05, 3.63) is 35.1 Å². The molecule has 0 saturated heterocycles. The molecule has 1 rings (SSSR count). The third-order valence-electron chi connectivity index (χ3n) is 1.95. The molecule has 0 fully saturated rings. The van der Waals surface area contributed by atoms with Crippen LogP contribution >= 0.6 is 0 Å². The Morgan fingerprint density at radius 3 is 2.50 bits per heavy atom. The predicted molar refractivity (Wildman–Crippen MR) is 55.8 cm³/mol. The van der Waals surface area contributed by atoms with Crippen LogP contribution in [0.2, 0.25) is 0 Å². The average molecular weight is 225 g/mol. The molecule has 5 nitrogen and oxygen atoms in total. The number of amides is 2. The lowest BCUT2D eigenvalue weighted by Gasteiger charge is -2.05. The summed E-state index contributed by atoms with van der Waals surface area (Å²) < 4.78 is 13.4. The van der Waals surface area contributed by atoms with Crippen LogP contribution in [0.3, 0.4) is 0 Å². The molecule has 16 heavy (non-hydrogen) atoms. The van der Waals surface area contributed by atoms with Crippen molar-refractivity contribution in [2.75, 3.05) is 6.54 Å². The molecule has 0 radical (unpaired) electrons. The molecule has 0 aromatic heterocycles. The number of hydrogen-bond acceptors (Lipinski definition) is 3. The van der Waals surface area contributed by atoms with Crippen LogP contribution in [-0.4, -0.2) is 18.4 Å². The largest absolute Gasteiger partial charge is 0.369 e. The van der Waals surface area contributed by atoms with Gasteiger partial charge in [0.2, 0.25) is 11.8 Å². The maximum Gasteiger partial charge on any atom is 0.248 e. The molecule has 1 aromatic rings. The van der Waals surface area contributed by atoms with Crippen molar-refractivity contribution in [2.45, 2.75) is 6.54 Å². The number of rotatable bonds is 5. The fraction of sp³-hybridized carbons (Fsp3) is 0.200. The molecule has 1 aromatic carbocycles. The Morgan fingerprint density at radius 2 is 2.00 bits per heavy atom. The molecule has 0 saturated carbocycles. The molecular weight excluding hydrogens is 213 g/mol. The molecule has 5 N–H and O–H groups in total. The summed E-state index contributed by atoms with van der Waals surface area (Å²) in [7, 11) is 0. The Balaban J connectivity index is 2.68. The Hall–Kier alpha value is -1.95. The van der Waals surface area contributed by atoms with E-state index >= 15 is 0 Å². The first kappa shape index (κ1) is 12.1. The molecule has 0 aliphatic rings. The first-order valence-corrected chi connectivity index (χ1v) is 4.58. The van der Waals surface area contributed by atoms with Crippen molar-refractivity contribution in [1.82, 2.24) is 5.32 Å². The van der Waals surface area contributed by atoms with Gasteiger partial charge in [0.05, 0.1) is 6.54 Å². The second-order valence-electron chi connectivity index (χ2n) is 3.24. The van der Waals surface area contributed by atoms with Crippen molar-refractivity contribution >= 4 is 11.8 Å². The summed E-state index contributed by atoms with van der Waals surface area (Å²) >= 11 is 0. The highest BCUT2D eigenvalue weighted by Gasteiger charge is 2.06. The summed E-state index contributed by atoms with van der Waals surface area (Å²) in [5.41, 5.74) is 10.3. The Kier molecular flexibility index (Phi) is 3.96. The summed E-state index contributed by atoms with van der Waals surface area (Å²) in [4.78, 5) is 21.2. The number of nitrogens with one attached hydrogen (secondary N) is 1. The lowest BCUT2D eigenvalue weighted by atomic mass is 10.1. The van der Waals surface area contributed by atoms with Crippen LogP contribution in [0.25, 0.3) is 0 Å². The third kappa shape index (κ3) is 3.32. The highest BCUT2D eigenvalue weighted by Crippen LogP contribution is 2.09. The first-order chi connectivity index (χ1) is 7.50. The van der Waals surface area contributed by atoms with Crippen LogP contribution in [0.5, 0.6) is 0 Å². The van der Waals surface area contributed by atoms with Gasteiger partial charge in [0.25, 0.3) is 0 Å². The van der Waals surface area contributed by atoms with Crippen LogP contribution in [0.15, 0.2) is 18.2 Å². The molecule has 0 atom stereocenters. The summed E-state index contributed by atoms with van der Waals surface area (Å²) in [5.74, 6) is -1.75. The smallest absolute Gasteiger partial charge is 0.248 e. The maximum atomic E-state index is 13.4. The van der Waals surface area contributed by atoms with Gasteiger partial charge in [0.1, 0.15) is 5.82 Å². The zero-order valence-corrected chi connectivity index (χ0v) is 8.50. The molecule has 0 heterocycles. The minimum Gasteiger partial charge on any atom is -0.369 e.